The van der Waals surface area contributed by atoms with Crippen LogP contribution in [0.4, 0.5) is 5.69 Å². The van der Waals surface area contributed by atoms with Crippen LogP contribution in [0, 0.1) is 18.3 Å². The SMILES string of the molecule is CCOc1ccc(C#N)cc1NC(=O)c1sc2ncn(C)c(=O)c2c1C. The molecule has 1 amide bonds. The Labute approximate surface area is 153 Å². The van der Waals surface area contributed by atoms with Gasteiger partial charge in [-0.2, -0.15) is 5.26 Å². The number of aryl methyl sites for hydroxylation is 2. The lowest BCUT2D eigenvalue weighted by molar-refractivity contribution is 0.102. The van der Waals surface area contributed by atoms with E-state index < -0.39 is 0 Å². The van der Waals surface area contributed by atoms with Crippen molar-refractivity contribution in [2.45, 2.75) is 13.8 Å². The Kier molecular flexibility index (Phi) is 4.73. The Morgan fingerprint density at radius 1 is 1.46 bits per heavy atom. The summed E-state index contributed by atoms with van der Waals surface area (Å²) in [4.78, 5) is 30.2. The maximum atomic E-state index is 12.8. The molecule has 132 valence electrons. The number of anilines is 1. The molecule has 0 atom stereocenters. The summed E-state index contributed by atoms with van der Waals surface area (Å²) < 4.78 is 6.89. The molecule has 7 nitrogen and oxygen atoms in total. The predicted molar refractivity (Wildman–Crippen MR) is 99.9 cm³/mol. The second-order valence-corrected chi connectivity index (χ2v) is 6.61. The van der Waals surface area contributed by atoms with Crippen LogP contribution in [0.5, 0.6) is 5.75 Å². The van der Waals surface area contributed by atoms with Crippen molar-refractivity contribution in [3.8, 4) is 11.8 Å². The first-order valence-corrected chi connectivity index (χ1v) is 8.71. The number of nitrogens with one attached hydrogen (secondary N) is 1. The van der Waals surface area contributed by atoms with E-state index in [4.69, 9.17) is 10.00 Å². The topological polar surface area (TPSA) is 97.0 Å². The number of carbonyl (C=O) groups excluding carboxylic acids is 1. The highest BCUT2D eigenvalue weighted by molar-refractivity contribution is 7.20. The number of ether oxygens (including phenoxy) is 1. The maximum Gasteiger partial charge on any atom is 0.266 e. The lowest BCUT2D eigenvalue weighted by Gasteiger charge is -2.11. The molecular weight excluding hydrogens is 352 g/mol. The zero-order chi connectivity index (χ0) is 18.8. The fourth-order valence-corrected chi connectivity index (χ4v) is 3.62. The molecule has 3 aromatic rings. The molecule has 0 spiro atoms. The van der Waals surface area contributed by atoms with Gasteiger partial charge in [0.05, 0.1) is 40.5 Å². The number of benzene rings is 1. The molecule has 3 rings (SSSR count). The normalized spacial score (nSPS) is 10.5. The molecule has 0 aliphatic carbocycles. The Morgan fingerprint density at radius 3 is 2.92 bits per heavy atom. The largest absolute Gasteiger partial charge is 0.492 e. The van der Waals surface area contributed by atoms with Gasteiger partial charge in [-0.05, 0) is 37.6 Å². The van der Waals surface area contributed by atoms with Gasteiger partial charge in [-0.3, -0.25) is 9.59 Å². The average molecular weight is 368 g/mol. The van der Waals surface area contributed by atoms with E-state index in [2.05, 4.69) is 10.3 Å². The predicted octanol–water partition coefficient (Wildman–Crippen LogP) is 2.83. The van der Waals surface area contributed by atoms with Gasteiger partial charge in [-0.25, -0.2) is 4.98 Å². The first-order valence-electron chi connectivity index (χ1n) is 7.89. The van der Waals surface area contributed by atoms with Crippen molar-refractivity contribution < 1.29 is 9.53 Å². The fourth-order valence-electron chi connectivity index (χ4n) is 2.58. The molecular formula is C18H16N4O3S. The van der Waals surface area contributed by atoms with Crippen LogP contribution in [0.1, 0.15) is 27.7 Å². The van der Waals surface area contributed by atoms with Gasteiger partial charge in [-0.15, -0.1) is 11.3 Å². The summed E-state index contributed by atoms with van der Waals surface area (Å²) in [5, 5.41) is 12.3. The van der Waals surface area contributed by atoms with E-state index in [1.165, 1.54) is 10.9 Å². The van der Waals surface area contributed by atoms with Crippen molar-refractivity contribution in [1.29, 1.82) is 5.26 Å². The van der Waals surface area contributed by atoms with Crippen molar-refractivity contribution in [3.05, 3.63) is 50.9 Å². The number of amides is 1. The molecule has 26 heavy (non-hydrogen) atoms. The Balaban J connectivity index is 2.03. The molecule has 1 N–H and O–H groups in total. The van der Waals surface area contributed by atoms with Crippen LogP contribution in [-0.2, 0) is 7.05 Å². The average Bonchev–Trinajstić information content (AvgIpc) is 2.97. The van der Waals surface area contributed by atoms with Gasteiger partial charge in [0.1, 0.15) is 10.6 Å². The third-order valence-electron chi connectivity index (χ3n) is 3.87. The van der Waals surface area contributed by atoms with Crippen molar-refractivity contribution in [3.63, 3.8) is 0 Å². The maximum absolute atomic E-state index is 12.8. The van der Waals surface area contributed by atoms with Crippen LogP contribution >= 0.6 is 11.3 Å². The Hall–Kier alpha value is -3.18. The molecule has 0 radical (unpaired) electrons. The number of hydrogen-bond donors (Lipinski definition) is 1. The smallest absolute Gasteiger partial charge is 0.266 e. The van der Waals surface area contributed by atoms with Crippen molar-refractivity contribution in [1.82, 2.24) is 9.55 Å². The monoisotopic (exact) mass is 368 g/mol. The highest BCUT2D eigenvalue weighted by Crippen LogP contribution is 2.30. The summed E-state index contributed by atoms with van der Waals surface area (Å²) in [5.41, 5.74) is 1.22. The molecule has 0 bridgehead atoms. The van der Waals surface area contributed by atoms with E-state index in [9.17, 15) is 9.59 Å². The van der Waals surface area contributed by atoms with E-state index in [1.54, 1.807) is 32.2 Å². The zero-order valence-electron chi connectivity index (χ0n) is 14.5. The first-order chi connectivity index (χ1) is 12.5. The number of nitrogens with zero attached hydrogens (tertiary/aromatic N) is 3. The summed E-state index contributed by atoms with van der Waals surface area (Å²) in [6.07, 6.45) is 1.44. The number of thiophene rings is 1. The molecule has 0 saturated carbocycles. The van der Waals surface area contributed by atoms with Crippen molar-refractivity contribution in [2.75, 3.05) is 11.9 Å². The van der Waals surface area contributed by atoms with Crippen LogP contribution in [0.2, 0.25) is 0 Å². The highest BCUT2D eigenvalue weighted by atomic mass is 32.1. The second kappa shape index (κ2) is 6.98. The zero-order valence-corrected chi connectivity index (χ0v) is 15.3. The van der Waals surface area contributed by atoms with Gasteiger partial charge in [-0.1, -0.05) is 0 Å². The van der Waals surface area contributed by atoms with E-state index in [0.717, 1.165) is 11.3 Å². The van der Waals surface area contributed by atoms with E-state index in [0.29, 0.717) is 44.3 Å². The molecule has 0 fully saturated rings. The number of hydrogen-bond acceptors (Lipinski definition) is 6. The van der Waals surface area contributed by atoms with Crippen LogP contribution in [0.3, 0.4) is 0 Å². The molecule has 2 heterocycles. The quantitative estimate of drug-likeness (QED) is 0.764. The molecule has 1 aromatic carbocycles. The number of nitriles is 1. The van der Waals surface area contributed by atoms with Gasteiger partial charge < -0.3 is 14.6 Å². The van der Waals surface area contributed by atoms with E-state index in [-0.39, 0.29) is 11.5 Å². The first kappa shape index (κ1) is 17.6. The summed E-state index contributed by atoms with van der Waals surface area (Å²) >= 11 is 1.16. The van der Waals surface area contributed by atoms with Gasteiger partial charge >= 0.3 is 0 Å². The molecule has 8 heteroatoms. The van der Waals surface area contributed by atoms with Crippen molar-refractivity contribution >= 4 is 33.1 Å². The fraction of sp³-hybridized carbons (Fsp3) is 0.222. The van der Waals surface area contributed by atoms with E-state index >= 15 is 0 Å². The lowest BCUT2D eigenvalue weighted by Crippen LogP contribution is -2.17. The van der Waals surface area contributed by atoms with Crippen LogP contribution in [0.15, 0.2) is 29.3 Å². The van der Waals surface area contributed by atoms with E-state index in [1.807, 2.05) is 13.0 Å². The number of aromatic nitrogens is 2. The minimum Gasteiger partial charge on any atom is -0.492 e. The van der Waals surface area contributed by atoms with Crippen LogP contribution in [-0.4, -0.2) is 22.1 Å². The number of fused-ring (bicyclic) bond motifs is 1. The van der Waals surface area contributed by atoms with Gasteiger partial charge in [0.25, 0.3) is 11.5 Å². The molecule has 0 unspecified atom stereocenters. The van der Waals surface area contributed by atoms with Crippen LogP contribution < -0.4 is 15.6 Å². The Bertz CT molecular complexity index is 1110. The van der Waals surface area contributed by atoms with Gasteiger partial charge in [0.2, 0.25) is 0 Å². The standard InChI is InChI=1S/C18H16N4O3S/c1-4-25-13-6-5-11(8-19)7-12(13)21-16(23)15-10(2)14-17(26-15)20-9-22(3)18(14)24/h5-7,9H,4H2,1-3H3,(H,21,23). The van der Waals surface area contributed by atoms with Crippen molar-refractivity contribution in [2.24, 2.45) is 7.05 Å². The molecule has 0 aliphatic rings. The summed E-state index contributed by atoms with van der Waals surface area (Å²) in [6.45, 7) is 3.99. The minimum absolute atomic E-state index is 0.190. The van der Waals surface area contributed by atoms with Gasteiger partial charge in [0.15, 0.2) is 0 Å². The third-order valence-corrected chi connectivity index (χ3v) is 5.07. The number of rotatable bonds is 4. The Morgan fingerprint density at radius 2 is 2.23 bits per heavy atom. The number of carbonyl (C=O) groups is 1. The lowest BCUT2D eigenvalue weighted by atomic mass is 10.2. The van der Waals surface area contributed by atoms with Crippen LogP contribution in [0.25, 0.3) is 10.2 Å². The summed E-state index contributed by atoms with van der Waals surface area (Å²) in [6, 6.07) is 6.87. The van der Waals surface area contributed by atoms with Gasteiger partial charge in [0, 0.05) is 7.05 Å². The summed E-state index contributed by atoms with van der Waals surface area (Å²) in [5.74, 6) is 0.108. The molecule has 0 aliphatic heterocycles. The molecule has 2 aromatic heterocycles. The molecule has 0 saturated heterocycles. The highest BCUT2D eigenvalue weighted by Gasteiger charge is 2.20. The minimum atomic E-state index is -0.372. The summed E-state index contributed by atoms with van der Waals surface area (Å²) in [7, 11) is 1.62. The second-order valence-electron chi connectivity index (χ2n) is 5.61. The third kappa shape index (κ3) is 3.05.